The van der Waals surface area contributed by atoms with Crippen LogP contribution < -0.4 is 5.32 Å². The highest BCUT2D eigenvalue weighted by atomic mass is 16.5. The van der Waals surface area contributed by atoms with E-state index < -0.39 is 0 Å². The van der Waals surface area contributed by atoms with Crippen LogP contribution in [0.3, 0.4) is 0 Å². The molecular weight excluding hydrogens is 322 g/mol. The van der Waals surface area contributed by atoms with Gasteiger partial charge >= 0.3 is 5.97 Å². The van der Waals surface area contributed by atoms with Gasteiger partial charge in [-0.25, -0.2) is 0 Å². The van der Waals surface area contributed by atoms with Gasteiger partial charge in [-0.05, 0) is 19.8 Å². The van der Waals surface area contributed by atoms with Gasteiger partial charge < -0.3 is 19.7 Å². The lowest BCUT2D eigenvalue weighted by atomic mass is 10.1. The molecule has 8 heteroatoms. The van der Waals surface area contributed by atoms with E-state index in [4.69, 9.17) is 9.73 Å². The molecule has 1 aliphatic heterocycles. The molecule has 0 saturated carbocycles. The molecule has 0 amide bonds. The molecule has 8 nitrogen and oxygen atoms in total. The van der Waals surface area contributed by atoms with Gasteiger partial charge in [-0.15, -0.1) is 0 Å². The summed E-state index contributed by atoms with van der Waals surface area (Å²) in [6.07, 6.45) is 5.95. The van der Waals surface area contributed by atoms with E-state index in [-0.39, 0.29) is 12.1 Å². The lowest BCUT2D eigenvalue weighted by Crippen LogP contribution is -2.48. The van der Waals surface area contributed by atoms with Crippen LogP contribution in [0.4, 0.5) is 0 Å². The van der Waals surface area contributed by atoms with Crippen molar-refractivity contribution in [2.75, 3.05) is 39.9 Å². The van der Waals surface area contributed by atoms with E-state index in [1.165, 1.54) is 7.11 Å². The zero-order valence-corrected chi connectivity index (χ0v) is 15.4. The highest BCUT2D eigenvalue weighted by Gasteiger charge is 2.25. The molecule has 25 heavy (non-hydrogen) atoms. The highest BCUT2D eigenvalue weighted by Crippen LogP contribution is 2.21. The predicted octanol–water partition coefficient (Wildman–Crippen LogP) is 1.10. The summed E-state index contributed by atoms with van der Waals surface area (Å²) in [5.74, 6) is 0.737. The number of aromatic nitrogens is 2. The molecular formula is C17H29N5O3. The number of aliphatic imine (C=N–C) groups is 1. The molecule has 1 atom stereocenters. The third-order valence-electron chi connectivity index (χ3n) is 4.08. The van der Waals surface area contributed by atoms with Crippen molar-refractivity contribution >= 4 is 11.9 Å². The molecule has 0 spiro atoms. The van der Waals surface area contributed by atoms with Crippen LogP contribution in [0.15, 0.2) is 17.4 Å². The number of nitrogens with zero attached hydrogens (tertiary/aromatic N) is 4. The Kier molecular flexibility index (Phi) is 7.72. The maximum atomic E-state index is 11.1. The maximum absolute atomic E-state index is 11.1. The SMILES string of the molecule is CCNC(=NCCCCC(=O)OC)N1CCOC(c2cnn(C)c2)C1. The van der Waals surface area contributed by atoms with Gasteiger partial charge in [0, 0.05) is 44.9 Å². The normalized spacial score (nSPS) is 18.3. The van der Waals surface area contributed by atoms with E-state index >= 15 is 0 Å². The van der Waals surface area contributed by atoms with E-state index in [1.54, 1.807) is 4.68 Å². The van der Waals surface area contributed by atoms with Crippen molar-refractivity contribution in [3.8, 4) is 0 Å². The van der Waals surface area contributed by atoms with Crippen LogP contribution in [0.5, 0.6) is 0 Å². The summed E-state index contributed by atoms with van der Waals surface area (Å²) >= 11 is 0. The number of aryl methyl sites for hydroxylation is 1. The van der Waals surface area contributed by atoms with Gasteiger partial charge in [0.1, 0.15) is 6.10 Å². The largest absolute Gasteiger partial charge is 0.469 e. The lowest BCUT2D eigenvalue weighted by Gasteiger charge is -2.34. The van der Waals surface area contributed by atoms with Crippen molar-refractivity contribution in [2.24, 2.45) is 12.0 Å². The number of guanidine groups is 1. The van der Waals surface area contributed by atoms with Crippen LogP contribution in [0.1, 0.15) is 37.9 Å². The third kappa shape index (κ3) is 6.04. The van der Waals surface area contributed by atoms with Crippen LogP contribution in [0.2, 0.25) is 0 Å². The van der Waals surface area contributed by atoms with Gasteiger partial charge in [0.15, 0.2) is 5.96 Å². The fourth-order valence-electron chi connectivity index (χ4n) is 2.74. The Bertz CT molecular complexity index is 572. The molecule has 1 aromatic heterocycles. The van der Waals surface area contributed by atoms with Gasteiger partial charge in [0.05, 0.1) is 26.5 Å². The molecule has 2 heterocycles. The van der Waals surface area contributed by atoms with Gasteiger partial charge in [-0.1, -0.05) is 0 Å². The molecule has 1 aliphatic rings. The number of methoxy groups -OCH3 is 1. The van der Waals surface area contributed by atoms with Crippen LogP contribution in [0, 0.1) is 0 Å². The molecule has 0 aromatic carbocycles. The number of carbonyl (C=O) groups is 1. The molecule has 2 rings (SSSR count). The van der Waals surface area contributed by atoms with Gasteiger partial charge in [-0.2, -0.15) is 5.10 Å². The fourth-order valence-corrected chi connectivity index (χ4v) is 2.74. The predicted molar refractivity (Wildman–Crippen MR) is 95.3 cm³/mol. The summed E-state index contributed by atoms with van der Waals surface area (Å²) in [7, 11) is 3.32. The van der Waals surface area contributed by atoms with E-state index in [9.17, 15) is 4.79 Å². The van der Waals surface area contributed by atoms with Crippen molar-refractivity contribution in [3.63, 3.8) is 0 Å². The van der Waals surface area contributed by atoms with Crippen LogP contribution >= 0.6 is 0 Å². The summed E-state index contributed by atoms with van der Waals surface area (Å²) in [4.78, 5) is 18.1. The van der Waals surface area contributed by atoms with E-state index in [0.717, 1.165) is 44.0 Å². The number of carbonyl (C=O) groups excluding carboxylic acids is 1. The maximum Gasteiger partial charge on any atom is 0.305 e. The number of esters is 1. The Balaban J connectivity index is 1.89. The first-order valence-corrected chi connectivity index (χ1v) is 8.84. The number of ether oxygens (including phenoxy) is 2. The first-order valence-electron chi connectivity index (χ1n) is 8.84. The topological polar surface area (TPSA) is 81.0 Å². The van der Waals surface area contributed by atoms with Crippen molar-refractivity contribution in [1.82, 2.24) is 20.0 Å². The summed E-state index contributed by atoms with van der Waals surface area (Å²) in [6.45, 7) is 5.78. The first kappa shape index (κ1) is 19.2. The molecule has 0 bridgehead atoms. The Morgan fingerprint density at radius 1 is 1.52 bits per heavy atom. The molecule has 140 valence electrons. The first-order chi connectivity index (χ1) is 12.1. The Hall–Kier alpha value is -2.09. The van der Waals surface area contributed by atoms with Crippen LogP contribution in [-0.4, -0.2) is 66.5 Å². The Morgan fingerprint density at radius 2 is 2.36 bits per heavy atom. The van der Waals surface area contributed by atoms with E-state index in [2.05, 4.69) is 27.0 Å². The van der Waals surface area contributed by atoms with Crippen molar-refractivity contribution in [1.29, 1.82) is 0 Å². The minimum absolute atomic E-state index is 0.00521. The summed E-state index contributed by atoms with van der Waals surface area (Å²) in [5, 5.41) is 7.57. The Labute approximate surface area is 149 Å². The van der Waals surface area contributed by atoms with Gasteiger partial charge in [0.2, 0.25) is 0 Å². The monoisotopic (exact) mass is 351 g/mol. The number of morpholine rings is 1. The second-order valence-corrected chi connectivity index (χ2v) is 6.02. The number of nitrogens with one attached hydrogen (secondary N) is 1. The van der Waals surface area contributed by atoms with Gasteiger partial charge in [-0.3, -0.25) is 14.5 Å². The summed E-state index contributed by atoms with van der Waals surface area (Å²) < 4.78 is 12.3. The third-order valence-corrected chi connectivity index (χ3v) is 4.08. The molecule has 0 aliphatic carbocycles. The summed E-state index contributed by atoms with van der Waals surface area (Å²) in [5.41, 5.74) is 1.08. The van der Waals surface area contributed by atoms with Crippen LogP contribution in [0.25, 0.3) is 0 Å². The smallest absolute Gasteiger partial charge is 0.305 e. The molecule has 1 N–H and O–H groups in total. The zero-order valence-electron chi connectivity index (χ0n) is 15.4. The minimum atomic E-state index is -0.164. The Morgan fingerprint density at radius 3 is 3.04 bits per heavy atom. The van der Waals surface area contributed by atoms with E-state index in [1.807, 2.05) is 19.4 Å². The second kappa shape index (κ2) is 10.0. The lowest BCUT2D eigenvalue weighted by molar-refractivity contribution is -0.140. The molecule has 1 aromatic rings. The van der Waals surface area contributed by atoms with Gasteiger partial charge in [0.25, 0.3) is 0 Å². The standard InChI is InChI=1S/C17H29N5O3/c1-4-18-17(19-8-6-5-7-16(23)24-3)22-9-10-25-15(13-22)14-11-20-21(2)12-14/h11-12,15H,4-10,13H2,1-3H3,(H,18,19). The van der Waals surface area contributed by atoms with Crippen molar-refractivity contribution in [3.05, 3.63) is 18.0 Å². The number of hydrogen-bond donors (Lipinski definition) is 1. The fraction of sp³-hybridized carbons (Fsp3) is 0.706. The minimum Gasteiger partial charge on any atom is -0.469 e. The molecule has 0 radical (unpaired) electrons. The number of hydrogen-bond acceptors (Lipinski definition) is 5. The average Bonchev–Trinajstić information content (AvgIpc) is 3.07. The average molecular weight is 351 g/mol. The van der Waals surface area contributed by atoms with Crippen molar-refractivity contribution < 1.29 is 14.3 Å². The van der Waals surface area contributed by atoms with Crippen LogP contribution in [-0.2, 0) is 21.3 Å². The second-order valence-electron chi connectivity index (χ2n) is 6.02. The molecule has 1 saturated heterocycles. The zero-order chi connectivity index (χ0) is 18.1. The number of rotatable bonds is 7. The quantitative estimate of drug-likeness (QED) is 0.343. The summed E-state index contributed by atoms with van der Waals surface area (Å²) in [6, 6.07) is 0. The molecule has 1 unspecified atom stereocenters. The molecule has 1 fully saturated rings. The number of unbranched alkanes of at least 4 members (excludes halogenated alkanes) is 1. The van der Waals surface area contributed by atoms with Crippen molar-refractivity contribution in [2.45, 2.75) is 32.3 Å². The van der Waals surface area contributed by atoms with E-state index in [0.29, 0.717) is 19.6 Å². The highest BCUT2D eigenvalue weighted by molar-refractivity contribution is 5.80.